The lowest BCUT2D eigenvalue weighted by atomic mass is 10.1. The molecule has 1 aromatic heterocycles. The van der Waals surface area contributed by atoms with Gasteiger partial charge in [-0.3, -0.25) is 4.98 Å². The number of hydrogen-bond acceptors (Lipinski definition) is 4. The summed E-state index contributed by atoms with van der Waals surface area (Å²) in [6.45, 7) is 5.55. The van der Waals surface area contributed by atoms with E-state index >= 15 is 0 Å². The standard InChI is InChI=1S/C15H15N3O/c1-9-7-15(12(8-16)11(3)18-9)19-14-6-4-5-13(17)10(14)2/h4-7H,17H2,1-3H3. The van der Waals surface area contributed by atoms with Gasteiger partial charge in [-0.15, -0.1) is 0 Å². The van der Waals surface area contributed by atoms with Crippen LogP contribution < -0.4 is 10.5 Å². The molecule has 96 valence electrons. The fourth-order valence-corrected chi connectivity index (χ4v) is 1.87. The maximum atomic E-state index is 9.20. The van der Waals surface area contributed by atoms with Crippen LogP contribution >= 0.6 is 0 Å². The van der Waals surface area contributed by atoms with E-state index in [0.717, 1.165) is 11.3 Å². The van der Waals surface area contributed by atoms with Crippen LogP contribution in [0.3, 0.4) is 0 Å². The van der Waals surface area contributed by atoms with Gasteiger partial charge in [-0.25, -0.2) is 0 Å². The summed E-state index contributed by atoms with van der Waals surface area (Å²) in [5.41, 5.74) is 9.30. The van der Waals surface area contributed by atoms with Gasteiger partial charge >= 0.3 is 0 Å². The zero-order valence-corrected chi connectivity index (χ0v) is 11.2. The van der Waals surface area contributed by atoms with Crippen LogP contribution in [0.5, 0.6) is 11.5 Å². The SMILES string of the molecule is Cc1cc(Oc2cccc(N)c2C)c(C#N)c(C)n1. The Hall–Kier alpha value is -2.54. The molecule has 0 aliphatic heterocycles. The number of nitrogens with zero attached hydrogens (tertiary/aromatic N) is 2. The van der Waals surface area contributed by atoms with Crippen LogP contribution in [0, 0.1) is 32.1 Å². The Balaban J connectivity index is 2.50. The highest BCUT2D eigenvalue weighted by atomic mass is 16.5. The van der Waals surface area contributed by atoms with Crippen molar-refractivity contribution in [1.29, 1.82) is 5.26 Å². The summed E-state index contributed by atoms with van der Waals surface area (Å²) in [5, 5.41) is 9.20. The van der Waals surface area contributed by atoms with Crippen molar-refractivity contribution in [2.45, 2.75) is 20.8 Å². The normalized spacial score (nSPS) is 10.0. The number of aromatic nitrogens is 1. The van der Waals surface area contributed by atoms with E-state index in [2.05, 4.69) is 11.1 Å². The molecule has 0 amide bonds. The van der Waals surface area contributed by atoms with E-state index in [4.69, 9.17) is 10.5 Å². The smallest absolute Gasteiger partial charge is 0.148 e. The van der Waals surface area contributed by atoms with Gasteiger partial charge in [0, 0.05) is 23.0 Å². The van der Waals surface area contributed by atoms with Crippen LogP contribution in [-0.4, -0.2) is 4.98 Å². The van der Waals surface area contributed by atoms with Crippen molar-refractivity contribution in [3.8, 4) is 17.6 Å². The van der Waals surface area contributed by atoms with Gasteiger partial charge in [-0.2, -0.15) is 5.26 Å². The molecular formula is C15H15N3O. The third kappa shape index (κ3) is 2.50. The Morgan fingerprint density at radius 2 is 1.95 bits per heavy atom. The van der Waals surface area contributed by atoms with Crippen LogP contribution in [-0.2, 0) is 0 Å². The fraction of sp³-hybridized carbons (Fsp3) is 0.200. The van der Waals surface area contributed by atoms with Crippen molar-refractivity contribution >= 4 is 5.69 Å². The molecule has 4 nitrogen and oxygen atoms in total. The van der Waals surface area contributed by atoms with Crippen LogP contribution in [0.4, 0.5) is 5.69 Å². The van der Waals surface area contributed by atoms with E-state index in [1.807, 2.05) is 32.0 Å². The summed E-state index contributed by atoms with van der Waals surface area (Å²) < 4.78 is 5.83. The van der Waals surface area contributed by atoms with Gasteiger partial charge in [0.25, 0.3) is 0 Å². The molecule has 1 heterocycles. The molecule has 0 saturated heterocycles. The number of rotatable bonds is 2. The van der Waals surface area contributed by atoms with Gasteiger partial charge in [-0.1, -0.05) is 6.07 Å². The van der Waals surface area contributed by atoms with E-state index in [0.29, 0.717) is 28.4 Å². The van der Waals surface area contributed by atoms with Gasteiger partial charge < -0.3 is 10.5 Å². The first-order valence-electron chi connectivity index (χ1n) is 5.94. The summed E-state index contributed by atoms with van der Waals surface area (Å²) in [4.78, 5) is 4.26. The maximum absolute atomic E-state index is 9.20. The summed E-state index contributed by atoms with van der Waals surface area (Å²) in [6.07, 6.45) is 0. The first-order valence-corrected chi connectivity index (χ1v) is 5.94. The van der Waals surface area contributed by atoms with Crippen molar-refractivity contribution in [2.75, 3.05) is 5.73 Å². The number of aryl methyl sites for hydroxylation is 2. The number of pyridine rings is 1. The molecule has 2 rings (SSSR count). The highest BCUT2D eigenvalue weighted by Gasteiger charge is 2.12. The molecule has 0 bridgehead atoms. The van der Waals surface area contributed by atoms with Gasteiger partial charge in [-0.05, 0) is 32.9 Å². The Morgan fingerprint density at radius 3 is 2.63 bits per heavy atom. The molecule has 0 unspecified atom stereocenters. The van der Waals surface area contributed by atoms with Crippen LogP contribution in [0.15, 0.2) is 24.3 Å². The molecule has 1 aromatic carbocycles. The molecular weight excluding hydrogens is 238 g/mol. The molecule has 0 atom stereocenters. The Morgan fingerprint density at radius 1 is 1.21 bits per heavy atom. The zero-order chi connectivity index (χ0) is 14.0. The predicted molar refractivity (Wildman–Crippen MR) is 74.1 cm³/mol. The maximum Gasteiger partial charge on any atom is 0.148 e. The van der Waals surface area contributed by atoms with Gasteiger partial charge in [0.2, 0.25) is 0 Å². The van der Waals surface area contributed by atoms with Crippen molar-refractivity contribution in [3.05, 3.63) is 46.8 Å². The summed E-state index contributed by atoms with van der Waals surface area (Å²) >= 11 is 0. The minimum Gasteiger partial charge on any atom is -0.455 e. The van der Waals surface area contributed by atoms with Crippen molar-refractivity contribution in [1.82, 2.24) is 4.98 Å². The van der Waals surface area contributed by atoms with E-state index in [1.54, 1.807) is 13.0 Å². The van der Waals surface area contributed by atoms with Crippen molar-refractivity contribution in [3.63, 3.8) is 0 Å². The minimum absolute atomic E-state index is 0.451. The minimum atomic E-state index is 0.451. The predicted octanol–water partition coefficient (Wildman–Crippen LogP) is 3.25. The van der Waals surface area contributed by atoms with E-state index in [9.17, 15) is 5.26 Å². The molecule has 0 aliphatic carbocycles. The number of nitrogen functional groups attached to an aromatic ring is 1. The van der Waals surface area contributed by atoms with Crippen LogP contribution in [0.2, 0.25) is 0 Å². The number of nitrogens with two attached hydrogens (primary N) is 1. The second kappa shape index (κ2) is 4.99. The molecule has 2 N–H and O–H groups in total. The molecule has 4 heteroatoms. The van der Waals surface area contributed by atoms with Gasteiger partial charge in [0.1, 0.15) is 23.1 Å². The lowest BCUT2D eigenvalue weighted by molar-refractivity contribution is 0.475. The van der Waals surface area contributed by atoms with Crippen LogP contribution in [0.25, 0.3) is 0 Å². The first kappa shape index (κ1) is 12.9. The molecule has 0 saturated carbocycles. The number of anilines is 1. The van der Waals surface area contributed by atoms with Crippen molar-refractivity contribution < 1.29 is 4.74 Å². The number of ether oxygens (including phenoxy) is 1. The second-order valence-electron chi connectivity index (χ2n) is 4.41. The third-order valence-electron chi connectivity index (χ3n) is 2.95. The largest absolute Gasteiger partial charge is 0.455 e. The number of hydrogen-bond donors (Lipinski definition) is 1. The molecule has 2 aromatic rings. The summed E-state index contributed by atoms with van der Waals surface area (Å²) in [7, 11) is 0. The molecule has 19 heavy (non-hydrogen) atoms. The first-order chi connectivity index (χ1) is 9.02. The molecule has 0 fully saturated rings. The van der Waals surface area contributed by atoms with Crippen molar-refractivity contribution in [2.24, 2.45) is 0 Å². The monoisotopic (exact) mass is 253 g/mol. The average Bonchev–Trinajstić information content (AvgIpc) is 2.34. The molecule has 0 spiro atoms. The van der Waals surface area contributed by atoms with Crippen LogP contribution in [0.1, 0.15) is 22.5 Å². The lowest BCUT2D eigenvalue weighted by Crippen LogP contribution is -1.98. The Kier molecular flexibility index (Phi) is 3.39. The topological polar surface area (TPSA) is 71.9 Å². The average molecular weight is 253 g/mol. The molecule has 0 aliphatic rings. The number of nitriles is 1. The Labute approximate surface area is 112 Å². The Bertz CT molecular complexity index is 672. The highest BCUT2D eigenvalue weighted by molar-refractivity contribution is 5.56. The fourth-order valence-electron chi connectivity index (χ4n) is 1.87. The lowest BCUT2D eigenvalue weighted by Gasteiger charge is -2.12. The molecule has 0 radical (unpaired) electrons. The van der Waals surface area contributed by atoms with E-state index in [-0.39, 0.29) is 0 Å². The second-order valence-corrected chi connectivity index (χ2v) is 4.41. The van der Waals surface area contributed by atoms with E-state index in [1.165, 1.54) is 0 Å². The summed E-state index contributed by atoms with van der Waals surface area (Å²) in [6, 6.07) is 9.36. The quantitative estimate of drug-likeness (QED) is 0.834. The zero-order valence-electron chi connectivity index (χ0n) is 11.2. The van der Waals surface area contributed by atoms with E-state index < -0.39 is 0 Å². The van der Waals surface area contributed by atoms with Gasteiger partial charge in [0.15, 0.2) is 0 Å². The van der Waals surface area contributed by atoms with Gasteiger partial charge in [0.05, 0.1) is 5.69 Å². The third-order valence-corrected chi connectivity index (χ3v) is 2.95. The highest BCUT2D eigenvalue weighted by Crippen LogP contribution is 2.31. The summed E-state index contributed by atoms with van der Waals surface area (Å²) in [5.74, 6) is 1.17. The number of benzene rings is 1.